The van der Waals surface area contributed by atoms with E-state index in [1.807, 2.05) is 6.08 Å². The summed E-state index contributed by atoms with van der Waals surface area (Å²) in [5.41, 5.74) is 0. The highest BCUT2D eigenvalue weighted by Crippen LogP contribution is 2.30. The minimum absolute atomic E-state index is 0.250. The van der Waals surface area contributed by atoms with Gasteiger partial charge in [-0.2, -0.15) is 0 Å². The van der Waals surface area contributed by atoms with Gasteiger partial charge in [0.25, 0.3) is 0 Å². The second-order valence-corrected chi connectivity index (χ2v) is 24.3. The van der Waals surface area contributed by atoms with Crippen molar-refractivity contribution in [2.75, 3.05) is 19.8 Å². The standard InChI is InChI=1S/C68H127NO13/c1-3-5-7-9-11-13-15-17-19-20-21-22-23-24-25-26-27-28-29-30-31-32-33-34-35-36-38-39-41-43-45-47-49-51-57(72)56(69-60(73)52-50-48-46-44-42-40-37-18-16-14-12-10-8-6-4-2)55-79-67-65(78)63(76)66(59(54-71)81-67)82-68-64(77)62(75)61(74)58(53-70)80-68/h35-36,41,43,49,51,56-59,61-68,70-72,74-78H,3-34,37-40,42,44-48,50,52-55H2,1-2H3,(H,69,73)/b36-35+,43-41+,51-49+. The molecule has 82 heavy (non-hydrogen) atoms. The topological polar surface area (TPSA) is 228 Å². The number of hydrogen-bond acceptors (Lipinski definition) is 13. The van der Waals surface area contributed by atoms with Gasteiger partial charge in [0.1, 0.15) is 48.8 Å². The Labute approximate surface area is 500 Å². The number of amides is 1. The van der Waals surface area contributed by atoms with Crippen LogP contribution in [0, 0.1) is 0 Å². The van der Waals surface area contributed by atoms with Gasteiger partial charge in [0.2, 0.25) is 5.91 Å². The summed E-state index contributed by atoms with van der Waals surface area (Å²) in [6.45, 7) is 2.81. The van der Waals surface area contributed by atoms with Gasteiger partial charge in [-0.15, -0.1) is 0 Å². The van der Waals surface area contributed by atoms with Crippen molar-refractivity contribution >= 4 is 5.91 Å². The molecule has 0 saturated carbocycles. The number of nitrogens with one attached hydrogen (secondary N) is 1. The van der Waals surface area contributed by atoms with Crippen LogP contribution in [0.2, 0.25) is 0 Å². The molecule has 9 N–H and O–H groups in total. The highest BCUT2D eigenvalue weighted by molar-refractivity contribution is 5.76. The van der Waals surface area contributed by atoms with E-state index in [0.29, 0.717) is 12.8 Å². The van der Waals surface area contributed by atoms with Crippen molar-refractivity contribution in [3.05, 3.63) is 36.5 Å². The fourth-order valence-corrected chi connectivity index (χ4v) is 11.3. The Kier molecular flexibility index (Phi) is 49.7. The highest BCUT2D eigenvalue weighted by atomic mass is 16.7. The Morgan fingerprint density at radius 2 is 0.780 bits per heavy atom. The van der Waals surface area contributed by atoms with Crippen molar-refractivity contribution in [3.8, 4) is 0 Å². The molecule has 0 aromatic carbocycles. The molecule has 0 spiro atoms. The van der Waals surface area contributed by atoms with Crippen LogP contribution < -0.4 is 5.32 Å². The summed E-state index contributed by atoms with van der Waals surface area (Å²) in [7, 11) is 0. The first-order valence-electron chi connectivity index (χ1n) is 34.2. The van der Waals surface area contributed by atoms with Crippen molar-refractivity contribution in [1.29, 1.82) is 0 Å². The minimum atomic E-state index is -1.79. The lowest BCUT2D eigenvalue weighted by Gasteiger charge is -2.46. The van der Waals surface area contributed by atoms with E-state index < -0.39 is 86.8 Å². The van der Waals surface area contributed by atoms with Crippen LogP contribution in [0.15, 0.2) is 36.5 Å². The molecule has 14 heteroatoms. The van der Waals surface area contributed by atoms with Crippen LogP contribution in [-0.4, -0.2) is 140 Å². The van der Waals surface area contributed by atoms with Gasteiger partial charge in [0.15, 0.2) is 12.6 Å². The third kappa shape index (κ3) is 37.7. The summed E-state index contributed by atoms with van der Waals surface area (Å²) in [4.78, 5) is 13.3. The molecule has 12 unspecified atom stereocenters. The maximum absolute atomic E-state index is 13.3. The predicted octanol–water partition coefficient (Wildman–Crippen LogP) is 13.3. The average molecular weight is 1170 g/mol. The molecule has 12 atom stereocenters. The molecule has 2 aliphatic rings. The molecular formula is C68H127NO13. The van der Waals surface area contributed by atoms with E-state index in [0.717, 1.165) is 44.9 Å². The number of aliphatic hydroxyl groups excluding tert-OH is 8. The van der Waals surface area contributed by atoms with Crippen LogP contribution in [0.3, 0.4) is 0 Å². The van der Waals surface area contributed by atoms with Gasteiger partial charge in [-0.1, -0.05) is 281 Å². The zero-order chi connectivity index (χ0) is 59.5. The highest BCUT2D eigenvalue weighted by Gasteiger charge is 2.51. The molecule has 2 heterocycles. The van der Waals surface area contributed by atoms with Crippen LogP contribution in [0.25, 0.3) is 0 Å². The minimum Gasteiger partial charge on any atom is -0.394 e. The second-order valence-electron chi connectivity index (χ2n) is 24.3. The normalized spacial score (nSPS) is 24.1. The lowest BCUT2D eigenvalue weighted by atomic mass is 9.97. The van der Waals surface area contributed by atoms with E-state index in [2.05, 4.69) is 43.5 Å². The second kappa shape index (κ2) is 53.4. The molecule has 0 aromatic heterocycles. The first-order chi connectivity index (χ1) is 40.1. The van der Waals surface area contributed by atoms with E-state index in [4.69, 9.17) is 18.9 Å². The van der Waals surface area contributed by atoms with E-state index in [9.17, 15) is 45.6 Å². The lowest BCUT2D eigenvalue weighted by Crippen LogP contribution is -2.65. The van der Waals surface area contributed by atoms with Crippen LogP contribution >= 0.6 is 0 Å². The molecule has 0 radical (unpaired) electrons. The summed E-state index contributed by atoms with van der Waals surface area (Å²) >= 11 is 0. The van der Waals surface area contributed by atoms with Crippen molar-refractivity contribution in [2.45, 2.75) is 370 Å². The Bertz CT molecular complexity index is 1510. The third-order valence-electron chi connectivity index (χ3n) is 16.8. The van der Waals surface area contributed by atoms with E-state index in [1.165, 1.54) is 218 Å². The summed E-state index contributed by atoms with van der Waals surface area (Å²) < 4.78 is 22.8. The molecular weight excluding hydrogens is 1040 g/mol. The smallest absolute Gasteiger partial charge is 0.220 e. The average Bonchev–Trinajstić information content (AvgIpc) is 3.58. The molecule has 482 valence electrons. The Balaban J connectivity index is 1.67. The number of carbonyl (C=O) groups excluding carboxylic acids is 1. The van der Waals surface area contributed by atoms with Crippen LogP contribution in [-0.2, 0) is 23.7 Å². The molecule has 2 fully saturated rings. The van der Waals surface area contributed by atoms with Crippen molar-refractivity contribution in [3.63, 3.8) is 0 Å². The number of carbonyl (C=O) groups is 1. The van der Waals surface area contributed by atoms with Crippen molar-refractivity contribution in [1.82, 2.24) is 5.32 Å². The summed E-state index contributed by atoms with van der Waals surface area (Å²) in [5, 5.41) is 87.2. The summed E-state index contributed by atoms with van der Waals surface area (Å²) in [6, 6.07) is -0.936. The number of ether oxygens (including phenoxy) is 4. The molecule has 14 nitrogen and oxygen atoms in total. The molecule has 2 saturated heterocycles. The Morgan fingerprint density at radius 1 is 0.427 bits per heavy atom. The van der Waals surface area contributed by atoms with E-state index in [-0.39, 0.29) is 18.9 Å². The summed E-state index contributed by atoms with van der Waals surface area (Å²) in [6.07, 6.45) is 50.8. The monoisotopic (exact) mass is 1170 g/mol. The number of aliphatic hydroxyl groups is 8. The predicted molar refractivity (Wildman–Crippen MR) is 332 cm³/mol. The van der Waals surface area contributed by atoms with Crippen LogP contribution in [0.5, 0.6) is 0 Å². The van der Waals surface area contributed by atoms with Gasteiger partial charge in [-0.05, 0) is 44.9 Å². The fraction of sp³-hybridized carbons (Fsp3) is 0.897. The van der Waals surface area contributed by atoms with Gasteiger partial charge in [-0.25, -0.2) is 0 Å². The fourth-order valence-electron chi connectivity index (χ4n) is 11.3. The molecule has 1 amide bonds. The van der Waals surface area contributed by atoms with Gasteiger partial charge in [0, 0.05) is 6.42 Å². The molecule has 2 aliphatic heterocycles. The first kappa shape index (κ1) is 76.3. The van der Waals surface area contributed by atoms with Gasteiger partial charge in [-0.3, -0.25) is 4.79 Å². The molecule has 0 aliphatic carbocycles. The largest absolute Gasteiger partial charge is 0.394 e. The number of rotatable bonds is 56. The van der Waals surface area contributed by atoms with Gasteiger partial charge in [0.05, 0.1) is 32.0 Å². The van der Waals surface area contributed by atoms with E-state index in [1.54, 1.807) is 6.08 Å². The molecule has 0 aromatic rings. The number of unbranched alkanes of at least 4 members (excludes halogenated alkanes) is 39. The maximum atomic E-state index is 13.3. The molecule has 2 rings (SSSR count). The van der Waals surface area contributed by atoms with Gasteiger partial charge >= 0.3 is 0 Å². The summed E-state index contributed by atoms with van der Waals surface area (Å²) in [5.74, 6) is -0.250. The van der Waals surface area contributed by atoms with Gasteiger partial charge < -0.3 is 65.1 Å². The SMILES string of the molecule is CCCCCCCCCCCCCCCCCCCCCCCCC/C=C/CC/C=C/CC/C=C/C(O)C(COC1OC(CO)C(OC2OC(CO)C(O)C(O)C2O)C(O)C1O)NC(=O)CCCCCCCCCCCCCCCCC. The van der Waals surface area contributed by atoms with Crippen molar-refractivity contribution in [2.24, 2.45) is 0 Å². The Morgan fingerprint density at radius 3 is 1.20 bits per heavy atom. The quantitative estimate of drug-likeness (QED) is 0.0204. The lowest BCUT2D eigenvalue weighted by molar-refractivity contribution is -0.359. The first-order valence-corrected chi connectivity index (χ1v) is 34.2. The molecule has 0 bridgehead atoms. The maximum Gasteiger partial charge on any atom is 0.220 e. The van der Waals surface area contributed by atoms with Crippen LogP contribution in [0.1, 0.15) is 296 Å². The van der Waals surface area contributed by atoms with E-state index >= 15 is 0 Å². The third-order valence-corrected chi connectivity index (χ3v) is 16.8. The number of allylic oxidation sites excluding steroid dienone is 5. The van der Waals surface area contributed by atoms with Crippen molar-refractivity contribution < 1.29 is 64.6 Å². The Hall–Kier alpha value is -1.79. The number of hydrogen-bond donors (Lipinski definition) is 9. The van der Waals surface area contributed by atoms with Crippen LogP contribution in [0.4, 0.5) is 0 Å². The zero-order valence-corrected chi connectivity index (χ0v) is 52.2. The zero-order valence-electron chi connectivity index (χ0n) is 52.2.